The minimum Gasteiger partial charge on any atom is -0.352 e. The van der Waals surface area contributed by atoms with Crippen molar-refractivity contribution in [3.63, 3.8) is 0 Å². The molecule has 4 rings (SSSR count). The minimum atomic E-state index is -0.165. The van der Waals surface area contributed by atoms with E-state index in [0.717, 1.165) is 30.0 Å². The molecule has 1 amide bonds. The summed E-state index contributed by atoms with van der Waals surface area (Å²) in [5.41, 5.74) is 3.90. The Labute approximate surface area is 188 Å². The third-order valence-corrected chi connectivity index (χ3v) is 5.56. The van der Waals surface area contributed by atoms with Gasteiger partial charge in [-0.25, -0.2) is 4.98 Å². The Morgan fingerprint density at radius 3 is 2.59 bits per heavy atom. The van der Waals surface area contributed by atoms with Crippen LogP contribution in [0.25, 0.3) is 0 Å². The molecule has 0 atom stereocenters. The molecule has 1 aliphatic rings. The summed E-state index contributed by atoms with van der Waals surface area (Å²) in [6.45, 7) is 12.0. The molecular weight excluding hydrogens is 402 g/mol. The Balaban J connectivity index is 1.49. The number of aromatic nitrogens is 4. The fraction of sp³-hybridized carbons (Fsp3) is 0.417. The van der Waals surface area contributed by atoms with Crippen molar-refractivity contribution in [1.29, 1.82) is 0 Å². The van der Waals surface area contributed by atoms with Crippen LogP contribution in [0.4, 0.5) is 17.6 Å². The topological polar surface area (TPSA) is 98.8 Å². The van der Waals surface area contributed by atoms with E-state index in [9.17, 15) is 4.79 Å². The van der Waals surface area contributed by atoms with Crippen molar-refractivity contribution in [2.24, 2.45) is 0 Å². The standard InChI is InChI=1S/C24H31N7O/c1-15(2)26-23-25-12-10-20(27-23)31-13-11-19-18(14-31)21(30-29-19)28-22(32)16-6-8-17(9-7-16)24(3,4)5/h6-10,12,15H,11,13-14H2,1-5H3,(H,25,26,27)(H2,28,29,30,32). The van der Waals surface area contributed by atoms with Gasteiger partial charge < -0.3 is 15.5 Å². The molecule has 1 aliphatic heterocycles. The first-order chi connectivity index (χ1) is 15.2. The zero-order valence-corrected chi connectivity index (χ0v) is 19.4. The maximum atomic E-state index is 12.9. The van der Waals surface area contributed by atoms with Gasteiger partial charge in [0.2, 0.25) is 5.95 Å². The first kappa shape index (κ1) is 21.8. The number of carbonyl (C=O) groups excluding carboxylic acids is 1. The van der Waals surface area contributed by atoms with Crippen LogP contribution in [-0.4, -0.2) is 38.7 Å². The van der Waals surface area contributed by atoms with E-state index in [-0.39, 0.29) is 17.4 Å². The lowest BCUT2D eigenvalue weighted by Crippen LogP contribution is -2.31. The molecule has 168 valence electrons. The van der Waals surface area contributed by atoms with Gasteiger partial charge in [-0.1, -0.05) is 32.9 Å². The summed E-state index contributed by atoms with van der Waals surface area (Å²) in [6, 6.07) is 9.91. The van der Waals surface area contributed by atoms with Gasteiger partial charge in [0, 0.05) is 48.6 Å². The molecule has 1 aromatic carbocycles. The fourth-order valence-corrected chi connectivity index (χ4v) is 3.75. The number of hydrogen-bond donors (Lipinski definition) is 3. The summed E-state index contributed by atoms with van der Waals surface area (Å²) in [4.78, 5) is 24.0. The molecule has 3 N–H and O–H groups in total. The molecule has 0 saturated carbocycles. The quantitative estimate of drug-likeness (QED) is 0.560. The smallest absolute Gasteiger partial charge is 0.256 e. The Hall–Kier alpha value is -3.42. The number of fused-ring (bicyclic) bond motifs is 1. The number of nitrogens with one attached hydrogen (secondary N) is 3. The molecule has 8 heteroatoms. The first-order valence-corrected chi connectivity index (χ1v) is 11.0. The van der Waals surface area contributed by atoms with Crippen LogP contribution >= 0.6 is 0 Å². The lowest BCUT2D eigenvalue weighted by Gasteiger charge is -2.28. The predicted molar refractivity (Wildman–Crippen MR) is 127 cm³/mol. The normalized spacial score (nSPS) is 13.8. The molecule has 2 aromatic heterocycles. The van der Waals surface area contributed by atoms with Gasteiger partial charge in [-0.2, -0.15) is 10.1 Å². The van der Waals surface area contributed by atoms with E-state index in [0.29, 0.717) is 23.9 Å². The van der Waals surface area contributed by atoms with Crippen LogP contribution in [0.15, 0.2) is 36.5 Å². The largest absolute Gasteiger partial charge is 0.352 e. The number of amides is 1. The van der Waals surface area contributed by atoms with Gasteiger partial charge >= 0.3 is 0 Å². The molecule has 0 spiro atoms. The molecule has 0 bridgehead atoms. The molecule has 0 unspecified atom stereocenters. The summed E-state index contributed by atoms with van der Waals surface area (Å²) < 4.78 is 0. The van der Waals surface area contributed by atoms with Crippen LogP contribution in [0.3, 0.4) is 0 Å². The molecule has 0 saturated heterocycles. The van der Waals surface area contributed by atoms with E-state index in [1.165, 1.54) is 5.56 Å². The Bertz CT molecular complexity index is 1100. The maximum Gasteiger partial charge on any atom is 0.256 e. The van der Waals surface area contributed by atoms with Crippen molar-refractivity contribution in [2.75, 3.05) is 22.1 Å². The van der Waals surface area contributed by atoms with Crippen molar-refractivity contribution >= 4 is 23.5 Å². The van der Waals surface area contributed by atoms with Crippen LogP contribution in [0, 0.1) is 0 Å². The number of carbonyl (C=O) groups is 1. The second-order valence-corrected chi connectivity index (χ2v) is 9.52. The van der Waals surface area contributed by atoms with Gasteiger partial charge in [0.05, 0.1) is 0 Å². The Morgan fingerprint density at radius 1 is 1.16 bits per heavy atom. The van der Waals surface area contributed by atoms with Crippen LogP contribution in [-0.2, 0) is 18.4 Å². The van der Waals surface area contributed by atoms with Crippen molar-refractivity contribution in [2.45, 2.75) is 59.0 Å². The monoisotopic (exact) mass is 433 g/mol. The highest BCUT2D eigenvalue weighted by Gasteiger charge is 2.24. The van der Waals surface area contributed by atoms with E-state index in [1.807, 2.05) is 30.3 Å². The lowest BCUT2D eigenvalue weighted by atomic mass is 9.87. The van der Waals surface area contributed by atoms with Gasteiger partial charge in [-0.3, -0.25) is 9.89 Å². The number of benzene rings is 1. The molecule has 0 aliphatic carbocycles. The summed E-state index contributed by atoms with van der Waals surface area (Å²) in [6.07, 6.45) is 2.57. The van der Waals surface area contributed by atoms with Crippen LogP contribution in [0.1, 0.15) is 61.8 Å². The molecule has 8 nitrogen and oxygen atoms in total. The predicted octanol–water partition coefficient (Wildman–Crippen LogP) is 4.13. The number of H-pyrrole nitrogens is 1. The van der Waals surface area contributed by atoms with E-state index in [1.54, 1.807) is 6.20 Å². The molecule has 3 heterocycles. The molecule has 0 fully saturated rings. The van der Waals surface area contributed by atoms with Crippen molar-refractivity contribution in [3.8, 4) is 0 Å². The average molecular weight is 434 g/mol. The molecular formula is C24H31N7O. The summed E-state index contributed by atoms with van der Waals surface area (Å²) in [5, 5.41) is 13.7. The molecule has 32 heavy (non-hydrogen) atoms. The Morgan fingerprint density at radius 2 is 1.91 bits per heavy atom. The number of rotatable bonds is 5. The van der Waals surface area contributed by atoms with Crippen LogP contribution < -0.4 is 15.5 Å². The second kappa shape index (κ2) is 8.61. The van der Waals surface area contributed by atoms with Crippen LogP contribution in [0.5, 0.6) is 0 Å². The van der Waals surface area contributed by atoms with Gasteiger partial charge in [0.1, 0.15) is 5.82 Å². The summed E-state index contributed by atoms with van der Waals surface area (Å²) in [7, 11) is 0. The molecule has 0 radical (unpaired) electrons. The number of hydrogen-bond acceptors (Lipinski definition) is 6. The number of anilines is 3. The third kappa shape index (κ3) is 4.74. The van der Waals surface area contributed by atoms with E-state index >= 15 is 0 Å². The highest BCUT2D eigenvalue weighted by atomic mass is 16.1. The third-order valence-electron chi connectivity index (χ3n) is 5.56. The molecule has 3 aromatic rings. The van der Waals surface area contributed by atoms with E-state index in [2.05, 4.69) is 70.3 Å². The van der Waals surface area contributed by atoms with Crippen molar-refractivity contribution in [3.05, 3.63) is 58.9 Å². The number of nitrogens with zero attached hydrogens (tertiary/aromatic N) is 4. The van der Waals surface area contributed by atoms with E-state index in [4.69, 9.17) is 0 Å². The Kier molecular flexibility index (Phi) is 5.86. The zero-order chi connectivity index (χ0) is 22.9. The second-order valence-electron chi connectivity index (χ2n) is 9.52. The maximum absolute atomic E-state index is 12.9. The van der Waals surface area contributed by atoms with Gasteiger partial charge in [0.25, 0.3) is 5.91 Å². The first-order valence-electron chi connectivity index (χ1n) is 11.0. The van der Waals surface area contributed by atoms with Gasteiger partial charge in [-0.05, 0) is 43.0 Å². The average Bonchev–Trinajstić information content (AvgIpc) is 3.15. The van der Waals surface area contributed by atoms with Crippen LogP contribution in [0.2, 0.25) is 0 Å². The highest BCUT2D eigenvalue weighted by Crippen LogP contribution is 2.28. The van der Waals surface area contributed by atoms with Gasteiger partial charge in [-0.15, -0.1) is 0 Å². The number of aromatic amines is 1. The highest BCUT2D eigenvalue weighted by molar-refractivity contribution is 6.04. The van der Waals surface area contributed by atoms with Crippen molar-refractivity contribution < 1.29 is 4.79 Å². The van der Waals surface area contributed by atoms with E-state index < -0.39 is 0 Å². The SMILES string of the molecule is CC(C)Nc1nccc(N2CCc3[nH]nc(NC(=O)c4ccc(C(C)(C)C)cc4)c3C2)n1. The summed E-state index contributed by atoms with van der Waals surface area (Å²) >= 11 is 0. The van der Waals surface area contributed by atoms with Gasteiger partial charge in [0.15, 0.2) is 5.82 Å². The zero-order valence-electron chi connectivity index (χ0n) is 19.4. The minimum absolute atomic E-state index is 0.0469. The summed E-state index contributed by atoms with van der Waals surface area (Å²) in [5.74, 6) is 1.87. The lowest BCUT2D eigenvalue weighted by molar-refractivity contribution is 0.102. The fourth-order valence-electron chi connectivity index (χ4n) is 3.75. The van der Waals surface area contributed by atoms with Crippen molar-refractivity contribution in [1.82, 2.24) is 20.2 Å².